The first kappa shape index (κ1) is 11.3. The largest absolute Gasteiger partial charge is 0.469 e. The van der Waals surface area contributed by atoms with Crippen LogP contribution >= 0.6 is 0 Å². The number of hydrogen-bond acceptors (Lipinski definition) is 5. The van der Waals surface area contributed by atoms with Gasteiger partial charge in [-0.25, -0.2) is 0 Å². The molecule has 0 saturated carbocycles. The topological polar surface area (TPSA) is 86.5 Å². The number of benzene rings is 1. The average Bonchev–Trinajstić information content (AvgIpc) is 2.65. The number of carbonyl (C=O) groups excluding carboxylic acids is 2. The number of nitrogens with zero attached hydrogens (tertiary/aromatic N) is 1. The molecule has 6 heteroatoms. The fraction of sp³-hybridized carbons (Fsp3) is 0.273. The highest BCUT2D eigenvalue weighted by Crippen LogP contribution is 2.35. The van der Waals surface area contributed by atoms with Crippen LogP contribution in [0.15, 0.2) is 18.2 Å². The molecule has 0 aromatic heterocycles. The fourth-order valence-corrected chi connectivity index (χ4v) is 1.96. The smallest absolute Gasteiger partial charge is 0.313 e. The molecule has 1 aliphatic rings. The Labute approximate surface area is 96.3 Å². The third kappa shape index (κ3) is 1.77. The number of nitro groups is 1. The van der Waals surface area contributed by atoms with Crippen molar-refractivity contribution in [1.29, 1.82) is 0 Å². The number of Topliss-reactive ketones (excluding diaryl/α,β-unsaturated/α-hetero) is 1. The standard InChI is InChI=1S/C11H9NO5/c1-17-11(14)9-5-10(13)8-4-6(12(15)16)2-3-7(8)9/h2-4,9H,5H2,1H3/t9-/m0/s1. The number of carbonyl (C=O) groups is 2. The highest BCUT2D eigenvalue weighted by atomic mass is 16.6. The Morgan fingerprint density at radius 1 is 1.53 bits per heavy atom. The van der Waals surface area contributed by atoms with Gasteiger partial charge >= 0.3 is 5.97 Å². The molecule has 1 aromatic carbocycles. The first-order valence-electron chi connectivity index (χ1n) is 4.94. The predicted molar refractivity (Wildman–Crippen MR) is 56.8 cm³/mol. The summed E-state index contributed by atoms with van der Waals surface area (Å²) in [7, 11) is 1.25. The molecule has 0 spiro atoms. The van der Waals surface area contributed by atoms with Gasteiger partial charge in [0.15, 0.2) is 5.78 Å². The molecule has 0 radical (unpaired) electrons. The third-order valence-electron chi connectivity index (χ3n) is 2.80. The normalized spacial score (nSPS) is 17.7. The monoisotopic (exact) mass is 235 g/mol. The molecule has 0 heterocycles. The summed E-state index contributed by atoms with van der Waals surface area (Å²) in [4.78, 5) is 33.1. The number of ketones is 1. The molecule has 1 atom stereocenters. The molecule has 0 unspecified atom stereocenters. The fourth-order valence-electron chi connectivity index (χ4n) is 1.96. The molecule has 1 aliphatic carbocycles. The minimum Gasteiger partial charge on any atom is -0.469 e. The molecule has 0 amide bonds. The van der Waals surface area contributed by atoms with Crippen molar-refractivity contribution in [2.75, 3.05) is 7.11 Å². The van der Waals surface area contributed by atoms with Crippen LogP contribution in [0.25, 0.3) is 0 Å². The van der Waals surface area contributed by atoms with Crippen molar-refractivity contribution >= 4 is 17.4 Å². The van der Waals surface area contributed by atoms with Crippen molar-refractivity contribution in [2.45, 2.75) is 12.3 Å². The van der Waals surface area contributed by atoms with E-state index in [2.05, 4.69) is 4.74 Å². The number of ether oxygens (including phenoxy) is 1. The molecule has 0 bridgehead atoms. The van der Waals surface area contributed by atoms with E-state index in [9.17, 15) is 19.7 Å². The van der Waals surface area contributed by atoms with Gasteiger partial charge in [-0.15, -0.1) is 0 Å². The second kappa shape index (κ2) is 3.97. The van der Waals surface area contributed by atoms with Gasteiger partial charge in [0, 0.05) is 24.1 Å². The molecular formula is C11H9NO5. The Balaban J connectivity index is 2.47. The van der Waals surface area contributed by atoms with E-state index >= 15 is 0 Å². The van der Waals surface area contributed by atoms with E-state index in [0.717, 1.165) is 0 Å². The summed E-state index contributed by atoms with van der Waals surface area (Å²) >= 11 is 0. The number of methoxy groups -OCH3 is 1. The maximum absolute atomic E-state index is 11.6. The van der Waals surface area contributed by atoms with Crippen LogP contribution in [-0.2, 0) is 9.53 Å². The van der Waals surface area contributed by atoms with Crippen molar-refractivity contribution in [3.05, 3.63) is 39.4 Å². The van der Waals surface area contributed by atoms with Crippen LogP contribution in [0.5, 0.6) is 0 Å². The second-order valence-corrected chi connectivity index (χ2v) is 3.73. The van der Waals surface area contributed by atoms with Crippen molar-refractivity contribution in [2.24, 2.45) is 0 Å². The van der Waals surface area contributed by atoms with Gasteiger partial charge < -0.3 is 4.74 Å². The Morgan fingerprint density at radius 2 is 2.24 bits per heavy atom. The summed E-state index contributed by atoms with van der Waals surface area (Å²) in [6, 6.07) is 3.94. The minimum absolute atomic E-state index is 0.0170. The van der Waals surface area contributed by atoms with Crippen LogP contribution < -0.4 is 0 Å². The molecule has 6 nitrogen and oxygen atoms in total. The van der Waals surface area contributed by atoms with Gasteiger partial charge in [-0.2, -0.15) is 0 Å². The summed E-state index contributed by atoms with van der Waals surface area (Å²) in [5.74, 6) is -1.40. The maximum atomic E-state index is 11.6. The highest BCUT2D eigenvalue weighted by Gasteiger charge is 2.36. The molecule has 0 N–H and O–H groups in total. The lowest BCUT2D eigenvalue weighted by atomic mass is 10.0. The number of fused-ring (bicyclic) bond motifs is 1. The number of esters is 1. The summed E-state index contributed by atoms with van der Waals surface area (Å²) in [5.41, 5.74) is 0.602. The number of non-ortho nitro benzene ring substituents is 1. The summed E-state index contributed by atoms with van der Waals surface area (Å²) < 4.78 is 4.59. The minimum atomic E-state index is -0.636. The lowest BCUT2D eigenvalue weighted by molar-refractivity contribution is -0.384. The third-order valence-corrected chi connectivity index (χ3v) is 2.80. The zero-order chi connectivity index (χ0) is 12.6. The van der Waals surface area contributed by atoms with Gasteiger partial charge in [0.1, 0.15) is 0 Å². The van der Waals surface area contributed by atoms with E-state index in [-0.39, 0.29) is 23.5 Å². The van der Waals surface area contributed by atoms with E-state index in [0.29, 0.717) is 5.56 Å². The van der Waals surface area contributed by atoms with Crippen LogP contribution in [0.3, 0.4) is 0 Å². The molecule has 17 heavy (non-hydrogen) atoms. The lowest BCUT2D eigenvalue weighted by Crippen LogP contribution is -2.11. The van der Waals surface area contributed by atoms with Crippen molar-refractivity contribution in [3.8, 4) is 0 Å². The number of nitro benzene ring substituents is 1. The molecule has 0 aliphatic heterocycles. The molecule has 2 rings (SSSR count). The van der Waals surface area contributed by atoms with Crippen LogP contribution in [0.4, 0.5) is 5.69 Å². The molecule has 0 saturated heterocycles. The second-order valence-electron chi connectivity index (χ2n) is 3.73. The lowest BCUT2D eigenvalue weighted by Gasteiger charge is -2.07. The van der Waals surface area contributed by atoms with Gasteiger partial charge in [0.25, 0.3) is 5.69 Å². The van der Waals surface area contributed by atoms with Crippen LogP contribution in [0, 0.1) is 10.1 Å². The highest BCUT2D eigenvalue weighted by molar-refractivity contribution is 6.06. The Hall–Kier alpha value is -2.24. The number of hydrogen-bond donors (Lipinski definition) is 0. The van der Waals surface area contributed by atoms with E-state index in [1.165, 1.54) is 25.3 Å². The Bertz CT molecular complexity index is 523. The molecule has 0 fully saturated rings. The van der Waals surface area contributed by atoms with Gasteiger partial charge in [-0.1, -0.05) is 6.07 Å². The SMILES string of the molecule is COC(=O)[C@H]1CC(=O)c2cc([N+](=O)[O-])ccc21. The quantitative estimate of drug-likeness (QED) is 0.439. The van der Waals surface area contributed by atoms with E-state index in [1.54, 1.807) is 0 Å². The summed E-state index contributed by atoms with van der Waals surface area (Å²) in [5, 5.41) is 10.6. The van der Waals surface area contributed by atoms with Gasteiger partial charge in [-0.05, 0) is 5.56 Å². The first-order chi connectivity index (χ1) is 8.04. The van der Waals surface area contributed by atoms with Gasteiger partial charge in [0.05, 0.1) is 18.0 Å². The summed E-state index contributed by atoms with van der Waals surface area (Å²) in [6.45, 7) is 0. The summed E-state index contributed by atoms with van der Waals surface area (Å²) in [6.07, 6.45) is 0.0170. The number of rotatable bonds is 2. The maximum Gasteiger partial charge on any atom is 0.313 e. The molecule has 88 valence electrons. The van der Waals surface area contributed by atoms with Gasteiger partial charge in [0.2, 0.25) is 0 Å². The van der Waals surface area contributed by atoms with E-state index in [1.807, 2.05) is 0 Å². The van der Waals surface area contributed by atoms with Crippen LogP contribution in [0.1, 0.15) is 28.3 Å². The van der Waals surface area contributed by atoms with Crippen molar-refractivity contribution in [1.82, 2.24) is 0 Å². The van der Waals surface area contributed by atoms with Crippen molar-refractivity contribution in [3.63, 3.8) is 0 Å². The van der Waals surface area contributed by atoms with E-state index < -0.39 is 16.8 Å². The van der Waals surface area contributed by atoms with E-state index in [4.69, 9.17) is 0 Å². The Kier molecular flexibility index (Phi) is 2.63. The average molecular weight is 235 g/mol. The van der Waals surface area contributed by atoms with Crippen LogP contribution in [0.2, 0.25) is 0 Å². The Morgan fingerprint density at radius 3 is 2.82 bits per heavy atom. The molecule has 1 aromatic rings. The van der Waals surface area contributed by atoms with Crippen molar-refractivity contribution < 1.29 is 19.2 Å². The van der Waals surface area contributed by atoms with Crippen LogP contribution in [-0.4, -0.2) is 23.8 Å². The molecular weight excluding hydrogens is 226 g/mol. The predicted octanol–water partition coefficient (Wildman–Crippen LogP) is 1.44. The first-order valence-corrected chi connectivity index (χ1v) is 4.94. The van der Waals surface area contributed by atoms with Gasteiger partial charge in [-0.3, -0.25) is 19.7 Å². The zero-order valence-electron chi connectivity index (χ0n) is 9.00. The zero-order valence-corrected chi connectivity index (χ0v) is 9.00.